The average molecular weight is 179 g/mol. The molecule has 0 bridgehead atoms. The number of rotatable bonds is 5. The summed E-state index contributed by atoms with van der Waals surface area (Å²) >= 11 is 0. The Hall–Kier alpha value is -0.860. The minimum Gasteiger partial charge on any atom is -0.375 e. The molecule has 0 saturated heterocycles. The number of hydrogen-bond acceptors (Lipinski definition) is 2. The molecular formula is C11H17NO. The third kappa shape index (κ3) is 3.17. The molecule has 2 nitrogen and oxygen atoms in total. The molecule has 1 aromatic rings. The maximum atomic E-state index is 5.38. The standard InChI is InChI=1S/C11H17NO/c1-3-12-9-11(13-2)10-7-5-4-6-8-10/h4-8,11-12H,3,9H2,1-2H3. The van der Waals surface area contributed by atoms with Crippen LogP contribution in [-0.4, -0.2) is 20.2 Å². The van der Waals surface area contributed by atoms with E-state index < -0.39 is 0 Å². The molecular weight excluding hydrogens is 162 g/mol. The van der Waals surface area contributed by atoms with E-state index in [4.69, 9.17) is 4.74 Å². The summed E-state index contributed by atoms with van der Waals surface area (Å²) in [5, 5.41) is 3.27. The van der Waals surface area contributed by atoms with Crippen molar-refractivity contribution >= 4 is 0 Å². The fourth-order valence-corrected chi connectivity index (χ4v) is 1.28. The minimum absolute atomic E-state index is 0.168. The van der Waals surface area contributed by atoms with Crippen LogP contribution in [0.5, 0.6) is 0 Å². The molecule has 1 aromatic carbocycles. The van der Waals surface area contributed by atoms with E-state index in [9.17, 15) is 0 Å². The van der Waals surface area contributed by atoms with E-state index in [1.54, 1.807) is 7.11 Å². The van der Waals surface area contributed by atoms with E-state index >= 15 is 0 Å². The Morgan fingerprint density at radius 1 is 1.31 bits per heavy atom. The Morgan fingerprint density at radius 2 is 2.00 bits per heavy atom. The van der Waals surface area contributed by atoms with E-state index in [1.165, 1.54) is 5.56 Å². The van der Waals surface area contributed by atoms with Crippen molar-refractivity contribution in [3.8, 4) is 0 Å². The first-order valence-electron chi connectivity index (χ1n) is 4.67. The topological polar surface area (TPSA) is 21.3 Å². The third-order valence-corrected chi connectivity index (χ3v) is 2.04. The molecule has 2 heteroatoms. The lowest BCUT2D eigenvalue weighted by Crippen LogP contribution is -2.22. The van der Waals surface area contributed by atoms with Gasteiger partial charge in [-0.15, -0.1) is 0 Å². The second kappa shape index (κ2) is 5.73. The highest BCUT2D eigenvalue weighted by Gasteiger charge is 2.07. The molecule has 0 aliphatic heterocycles. The van der Waals surface area contributed by atoms with Crippen molar-refractivity contribution in [2.24, 2.45) is 0 Å². The molecule has 0 aromatic heterocycles. The second-order valence-corrected chi connectivity index (χ2v) is 2.94. The summed E-state index contributed by atoms with van der Waals surface area (Å²) in [7, 11) is 1.75. The first-order chi connectivity index (χ1) is 6.38. The molecule has 1 N–H and O–H groups in total. The van der Waals surface area contributed by atoms with Gasteiger partial charge in [-0.1, -0.05) is 37.3 Å². The molecule has 1 atom stereocenters. The summed E-state index contributed by atoms with van der Waals surface area (Å²) in [4.78, 5) is 0. The summed E-state index contributed by atoms with van der Waals surface area (Å²) in [5.41, 5.74) is 1.23. The summed E-state index contributed by atoms with van der Waals surface area (Å²) in [6, 6.07) is 10.3. The SMILES string of the molecule is CCNCC(OC)c1ccccc1. The van der Waals surface area contributed by atoms with Crippen LogP contribution in [0.3, 0.4) is 0 Å². The van der Waals surface area contributed by atoms with E-state index in [0.29, 0.717) is 0 Å². The van der Waals surface area contributed by atoms with Crippen molar-refractivity contribution in [2.45, 2.75) is 13.0 Å². The maximum Gasteiger partial charge on any atom is 0.0945 e. The smallest absolute Gasteiger partial charge is 0.0945 e. The fraction of sp³-hybridized carbons (Fsp3) is 0.455. The van der Waals surface area contributed by atoms with Crippen LogP contribution in [0.15, 0.2) is 30.3 Å². The van der Waals surface area contributed by atoms with Gasteiger partial charge in [0.1, 0.15) is 0 Å². The third-order valence-electron chi connectivity index (χ3n) is 2.04. The van der Waals surface area contributed by atoms with Crippen molar-refractivity contribution in [3.05, 3.63) is 35.9 Å². The Balaban J connectivity index is 2.56. The molecule has 13 heavy (non-hydrogen) atoms. The summed E-state index contributed by atoms with van der Waals surface area (Å²) in [6.45, 7) is 3.95. The van der Waals surface area contributed by atoms with E-state index in [1.807, 2.05) is 18.2 Å². The molecule has 72 valence electrons. The monoisotopic (exact) mass is 179 g/mol. The lowest BCUT2D eigenvalue weighted by atomic mass is 10.1. The van der Waals surface area contributed by atoms with Gasteiger partial charge in [0.25, 0.3) is 0 Å². The Labute approximate surface area is 79.9 Å². The summed E-state index contributed by atoms with van der Waals surface area (Å²) in [5.74, 6) is 0. The number of hydrogen-bond donors (Lipinski definition) is 1. The quantitative estimate of drug-likeness (QED) is 0.746. The lowest BCUT2D eigenvalue weighted by Gasteiger charge is -2.15. The van der Waals surface area contributed by atoms with Gasteiger partial charge in [-0.2, -0.15) is 0 Å². The van der Waals surface area contributed by atoms with Crippen LogP contribution < -0.4 is 5.32 Å². The number of likely N-dealkylation sites (N-methyl/N-ethyl adjacent to an activating group) is 1. The Morgan fingerprint density at radius 3 is 2.54 bits per heavy atom. The molecule has 0 heterocycles. The van der Waals surface area contributed by atoms with Crippen molar-refractivity contribution < 1.29 is 4.74 Å². The zero-order valence-corrected chi connectivity index (χ0v) is 8.29. The largest absolute Gasteiger partial charge is 0.375 e. The zero-order valence-electron chi connectivity index (χ0n) is 8.29. The molecule has 0 saturated carbocycles. The maximum absolute atomic E-state index is 5.38. The van der Waals surface area contributed by atoms with Crippen LogP contribution >= 0.6 is 0 Å². The zero-order chi connectivity index (χ0) is 9.52. The van der Waals surface area contributed by atoms with E-state index in [2.05, 4.69) is 24.4 Å². The van der Waals surface area contributed by atoms with Crippen LogP contribution in [0.2, 0.25) is 0 Å². The summed E-state index contributed by atoms with van der Waals surface area (Å²) < 4.78 is 5.38. The van der Waals surface area contributed by atoms with E-state index in [-0.39, 0.29) is 6.10 Å². The van der Waals surface area contributed by atoms with Crippen molar-refractivity contribution in [2.75, 3.05) is 20.2 Å². The van der Waals surface area contributed by atoms with Gasteiger partial charge in [-0.25, -0.2) is 0 Å². The molecule has 1 unspecified atom stereocenters. The van der Waals surface area contributed by atoms with Crippen LogP contribution in [0, 0.1) is 0 Å². The molecule has 0 spiro atoms. The molecule has 0 radical (unpaired) electrons. The van der Waals surface area contributed by atoms with Crippen molar-refractivity contribution in [3.63, 3.8) is 0 Å². The molecule has 0 aliphatic carbocycles. The Bertz CT molecular complexity index is 223. The molecule has 1 rings (SSSR count). The van der Waals surface area contributed by atoms with Gasteiger partial charge in [-0.3, -0.25) is 0 Å². The predicted molar refractivity (Wildman–Crippen MR) is 54.7 cm³/mol. The van der Waals surface area contributed by atoms with Crippen LogP contribution in [0.1, 0.15) is 18.6 Å². The van der Waals surface area contributed by atoms with Crippen molar-refractivity contribution in [1.82, 2.24) is 5.32 Å². The van der Waals surface area contributed by atoms with Crippen molar-refractivity contribution in [1.29, 1.82) is 0 Å². The van der Waals surface area contributed by atoms with Gasteiger partial charge >= 0.3 is 0 Å². The van der Waals surface area contributed by atoms with Crippen LogP contribution in [-0.2, 0) is 4.74 Å². The minimum atomic E-state index is 0.168. The normalized spacial score (nSPS) is 12.8. The molecule has 0 aliphatic rings. The van der Waals surface area contributed by atoms with Gasteiger partial charge in [-0.05, 0) is 12.1 Å². The van der Waals surface area contributed by atoms with E-state index in [0.717, 1.165) is 13.1 Å². The van der Waals surface area contributed by atoms with Gasteiger partial charge in [0, 0.05) is 13.7 Å². The lowest BCUT2D eigenvalue weighted by molar-refractivity contribution is 0.103. The highest BCUT2D eigenvalue weighted by molar-refractivity contribution is 5.17. The Kier molecular flexibility index (Phi) is 4.50. The first-order valence-corrected chi connectivity index (χ1v) is 4.67. The predicted octanol–water partition coefficient (Wildman–Crippen LogP) is 1.98. The van der Waals surface area contributed by atoms with Gasteiger partial charge < -0.3 is 10.1 Å². The number of methoxy groups -OCH3 is 1. The highest BCUT2D eigenvalue weighted by atomic mass is 16.5. The average Bonchev–Trinajstić information content (AvgIpc) is 2.21. The highest BCUT2D eigenvalue weighted by Crippen LogP contribution is 2.14. The number of ether oxygens (including phenoxy) is 1. The second-order valence-electron chi connectivity index (χ2n) is 2.94. The van der Waals surface area contributed by atoms with Crippen LogP contribution in [0.25, 0.3) is 0 Å². The molecule has 0 fully saturated rings. The fourth-order valence-electron chi connectivity index (χ4n) is 1.28. The van der Waals surface area contributed by atoms with Gasteiger partial charge in [0.15, 0.2) is 0 Å². The van der Waals surface area contributed by atoms with Gasteiger partial charge in [0.05, 0.1) is 6.10 Å². The first kappa shape index (κ1) is 10.2. The van der Waals surface area contributed by atoms with Crippen LogP contribution in [0.4, 0.5) is 0 Å². The van der Waals surface area contributed by atoms with Gasteiger partial charge in [0.2, 0.25) is 0 Å². The molecule has 0 amide bonds. The summed E-state index contributed by atoms with van der Waals surface area (Å²) in [6.07, 6.45) is 0.168. The number of nitrogens with one attached hydrogen (secondary N) is 1. The number of benzene rings is 1.